The molecule has 192 valence electrons. The van der Waals surface area contributed by atoms with Crippen LogP contribution in [0.25, 0.3) is 0 Å². The molecule has 0 aliphatic heterocycles. The van der Waals surface area contributed by atoms with E-state index in [-0.39, 0.29) is 6.42 Å². The lowest BCUT2D eigenvalue weighted by Crippen LogP contribution is -2.20. The number of aromatic nitrogens is 2. The van der Waals surface area contributed by atoms with E-state index in [4.69, 9.17) is 20.3 Å². The third-order valence-corrected chi connectivity index (χ3v) is 5.47. The minimum atomic E-state index is -0.767. The number of ether oxygens (including phenoxy) is 2. The molecule has 0 fully saturated rings. The molecule has 3 rings (SSSR count). The molecule has 0 amide bonds. The SMILES string of the molecule is COc1ccc(Nc2cc(Nc3ccc(C)c(CN(C)CCCC(=O)O)c3)ncn2)cc1OCCN. The molecular weight excluding hydrogens is 460 g/mol. The lowest BCUT2D eigenvalue weighted by atomic mass is 10.1. The molecule has 0 bridgehead atoms. The maximum absolute atomic E-state index is 10.8. The van der Waals surface area contributed by atoms with Crippen LogP contribution in [0.4, 0.5) is 23.0 Å². The zero-order chi connectivity index (χ0) is 25.9. The van der Waals surface area contributed by atoms with Crippen LogP contribution in [-0.2, 0) is 11.3 Å². The fraction of sp³-hybridized carbons (Fsp3) is 0.346. The number of anilines is 4. The van der Waals surface area contributed by atoms with Gasteiger partial charge in [0, 0.05) is 43.0 Å². The van der Waals surface area contributed by atoms with Crippen LogP contribution in [0.3, 0.4) is 0 Å². The molecule has 0 unspecified atom stereocenters. The Balaban J connectivity index is 1.67. The van der Waals surface area contributed by atoms with E-state index < -0.39 is 5.97 Å². The van der Waals surface area contributed by atoms with Gasteiger partial charge in [-0.1, -0.05) is 6.07 Å². The fourth-order valence-corrected chi connectivity index (χ4v) is 3.62. The van der Waals surface area contributed by atoms with Crippen LogP contribution in [0.2, 0.25) is 0 Å². The summed E-state index contributed by atoms with van der Waals surface area (Å²) in [6.07, 6.45) is 2.29. The first kappa shape index (κ1) is 26.7. The van der Waals surface area contributed by atoms with Crippen LogP contribution >= 0.6 is 0 Å². The lowest BCUT2D eigenvalue weighted by molar-refractivity contribution is -0.137. The molecule has 0 spiro atoms. The zero-order valence-corrected chi connectivity index (χ0v) is 21.0. The van der Waals surface area contributed by atoms with Crippen LogP contribution in [-0.4, -0.2) is 59.8 Å². The van der Waals surface area contributed by atoms with E-state index in [1.807, 2.05) is 37.4 Å². The van der Waals surface area contributed by atoms with Crippen LogP contribution in [0.15, 0.2) is 48.8 Å². The van der Waals surface area contributed by atoms with Crippen molar-refractivity contribution in [1.29, 1.82) is 0 Å². The predicted molar refractivity (Wildman–Crippen MR) is 141 cm³/mol. The smallest absolute Gasteiger partial charge is 0.303 e. The van der Waals surface area contributed by atoms with Gasteiger partial charge in [-0.2, -0.15) is 0 Å². The molecule has 1 aromatic heterocycles. The number of aryl methyl sites for hydroxylation is 1. The molecule has 10 heteroatoms. The van der Waals surface area contributed by atoms with Crippen molar-refractivity contribution in [1.82, 2.24) is 14.9 Å². The number of carboxylic acids is 1. The Bertz CT molecular complexity index is 1160. The minimum absolute atomic E-state index is 0.174. The molecule has 0 aliphatic carbocycles. The summed E-state index contributed by atoms with van der Waals surface area (Å²) >= 11 is 0. The van der Waals surface area contributed by atoms with Gasteiger partial charge in [-0.15, -0.1) is 0 Å². The average Bonchev–Trinajstić information content (AvgIpc) is 2.85. The largest absolute Gasteiger partial charge is 0.493 e. The van der Waals surface area contributed by atoms with Crippen LogP contribution < -0.4 is 25.8 Å². The van der Waals surface area contributed by atoms with E-state index in [0.717, 1.165) is 23.5 Å². The summed E-state index contributed by atoms with van der Waals surface area (Å²) in [7, 11) is 3.59. The van der Waals surface area contributed by atoms with Gasteiger partial charge in [0.2, 0.25) is 0 Å². The van der Waals surface area contributed by atoms with E-state index in [9.17, 15) is 4.79 Å². The normalized spacial score (nSPS) is 10.8. The molecule has 10 nitrogen and oxygen atoms in total. The number of hydrogen-bond donors (Lipinski definition) is 4. The number of nitrogens with one attached hydrogen (secondary N) is 2. The van der Waals surface area contributed by atoms with E-state index in [1.165, 1.54) is 11.9 Å². The molecule has 1 heterocycles. The van der Waals surface area contributed by atoms with Gasteiger partial charge < -0.3 is 35.8 Å². The van der Waals surface area contributed by atoms with Crippen molar-refractivity contribution in [2.24, 2.45) is 5.73 Å². The Morgan fingerprint density at radius 2 is 1.75 bits per heavy atom. The van der Waals surface area contributed by atoms with Crippen molar-refractivity contribution in [3.8, 4) is 11.5 Å². The van der Waals surface area contributed by atoms with E-state index in [1.54, 1.807) is 7.11 Å². The van der Waals surface area contributed by atoms with Gasteiger partial charge in [0.25, 0.3) is 0 Å². The first-order valence-electron chi connectivity index (χ1n) is 11.7. The number of nitrogens with zero attached hydrogens (tertiary/aromatic N) is 3. The monoisotopic (exact) mass is 494 g/mol. The molecule has 0 atom stereocenters. The summed E-state index contributed by atoms with van der Waals surface area (Å²) < 4.78 is 11.0. The van der Waals surface area contributed by atoms with E-state index in [0.29, 0.717) is 49.3 Å². The van der Waals surface area contributed by atoms with Gasteiger partial charge >= 0.3 is 5.97 Å². The third-order valence-electron chi connectivity index (χ3n) is 5.47. The average molecular weight is 495 g/mol. The number of benzene rings is 2. The van der Waals surface area contributed by atoms with Crippen LogP contribution in [0, 0.1) is 6.92 Å². The molecule has 36 heavy (non-hydrogen) atoms. The number of methoxy groups -OCH3 is 1. The first-order chi connectivity index (χ1) is 17.4. The van der Waals surface area contributed by atoms with Gasteiger partial charge in [0.1, 0.15) is 24.6 Å². The van der Waals surface area contributed by atoms with Crippen LogP contribution in [0.5, 0.6) is 11.5 Å². The summed E-state index contributed by atoms with van der Waals surface area (Å²) in [4.78, 5) is 21.6. The van der Waals surface area contributed by atoms with Crippen molar-refractivity contribution >= 4 is 29.0 Å². The molecule has 0 aliphatic rings. The minimum Gasteiger partial charge on any atom is -0.493 e. The fourth-order valence-electron chi connectivity index (χ4n) is 3.62. The Kier molecular flexibility index (Phi) is 9.84. The van der Waals surface area contributed by atoms with E-state index >= 15 is 0 Å². The second-order valence-electron chi connectivity index (χ2n) is 8.42. The molecular formula is C26H34N6O4. The molecule has 5 N–H and O–H groups in total. The Labute approximate surface area is 211 Å². The Morgan fingerprint density at radius 3 is 2.42 bits per heavy atom. The van der Waals surface area contributed by atoms with Gasteiger partial charge in [0.05, 0.1) is 7.11 Å². The van der Waals surface area contributed by atoms with Crippen molar-refractivity contribution in [2.45, 2.75) is 26.3 Å². The quantitative estimate of drug-likeness (QED) is 0.261. The summed E-state index contributed by atoms with van der Waals surface area (Å²) in [5.41, 5.74) is 9.57. The highest BCUT2D eigenvalue weighted by Gasteiger charge is 2.09. The van der Waals surface area contributed by atoms with Crippen molar-refractivity contribution in [2.75, 3.05) is 44.5 Å². The maximum Gasteiger partial charge on any atom is 0.303 e. The Morgan fingerprint density at radius 1 is 1.06 bits per heavy atom. The number of rotatable bonds is 14. The topological polar surface area (TPSA) is 135 Å². The number of nitrogens with two attached hydrogens (primary N) is 1. The number of aliphatic carboxylic acids is 1. The third kappa shape index (κ3) is 8.10. The first-order valence-corrected chi connectivity index (χ1v) is 11.7. The molecule has 2 aromatic carbocycles. The molecule has 3 aromatic rings. The highest BCUT2D eigenvalue weighted by atomic mass is 16.5. The van der Waals surface area contributed by atoms with Crippen molar-refractivity contribution in [3.05, 3.63) is 59.9 Å². The summed E-state index contributed by atoms with van der Waals surface area (Å²) in [5, 5.41) is 15.5. The second-order valence-corrected chi connectivity index (χ2v) is 8.42. The Hall–Kier alpha value is -3.89. The van der Waals surface area contributed by atoms with Crippen molar-refractivity contribution < 1.29 is 19.4 Å². The van der Waals surface area contributed by atoms with Gasteiger partial charge in [-0.05, 0) is 62.3 Å². The number of hydrogen-bond acceptors (Lipinski definition) is 9. The standard InChI is InChI=1S/C26H34N6O4/c1-18-6-7-20(13-19(18)16-32(2)11-4-5-26(33)34)30-24-15-25(29-17-28-24)31-21-8-9-22(35-3)23(14-21)36-12-10-27/h6-9,13-15,17H,4-5,10-12,16,27H2,1-3H3,(H,33,34)(H2,28,29,30,31). The predicted octanol–water partition coefficient (Wildman–Crippen LogP) is 3.91. The highest BCUT2D eigenvalue weighted by molar-refractivity contribution is 5.67. The van der Waals surface area contributed by atoms with Gasteiger partial charge in [-0.25, -0.2) is 9.97 Å². The second kappa shape index (κ2) is 13.3. The summed E-state index contributed by atoms with van der Waals surface area (Å²) in [6, 6.07) is 13.5. The number of carboxylic acid groups (broad SMARTS) is 1. The van der Waals surface area contributed by atoms with Gasteiger partial charge in [-0.3, -0.25) is 4.79 Å². The molecule has 0 saturated heterocycles. The maximum atomic E-state index is 10.8. The molecule has 0 radical (unpaired) electrons. The van der Waals surface area contributed by atoms with Gasteiger partial charge in [0.15, 0.2) is 11.5 Å². The number of carbonyl (C=O) groups is 1. The van der Waals surface area contributed by atoms with Crippen LogP contribution in [0.1, 0.15) is 24.0 Å². The lowest BCUT2D eigenvalue weighted by Gasteiger charge is -2.18. The summed E-state index contributed by atoms with van der Waals surface area (Å²) in [5.74, 6) is 1.72. The van der Waals surface area contributed by atoms with Crippen molar-refractivity contribution in [3.63, 3.8) is 0 Å². The highest BCUT2D eigenvalue weighted by Crippen LogP contribution is 2.31. The summed E-state index contributed by atoms with van der Waals surface area (Å²) in [6.45, 7) is 4.30. The van der Waals surface area contributed by atoms with E-state index in [2.05, 4.69) is 44.6 Å². The zero-order valence-electron chi connectivity index (χ0n) is 21.0. The molecule has 0 saturated carbocycles.